The molecule has 9 nitrogen and oxygen atoms in total. The Bertz CT molecular complexity index is 1720. The first-order chi connectivity index (χ1) is 50.0. The molecule has 0 heterocycles. The molecule has 0 rings (SSSR count). The molecule has 0 saturated carbocycles. The molecule has 10 heteroatoms. The summed E-state index contributed by atoms with van der Waals surface area (Å²) in [7, 11) is 1.20. The van der Waals surface area contributed by atoms with Gasteiger partial charge in [-0.3, -0.25) is 14.2 Å². The van der Waals surface area contributed by atoms with Gasteiger partial charge in [0.25, 0.3) is 7.82 Å². The van der Waals surface area contributed by atoms with Gasteiger partial charge < -0.3 is 27.9 Å². The largest absolute Gasteiger partial charge is 0.756 e. The molecule has 102 heavy (non-hydrogen) atoms. The quantitative estimate of drug-likeness (QED) is 0.0195. The fourth-order valence-corrected chi connectivity index (χ4v) is 15.5. The van der Waals surface area contributed by atoms with Crippen LogP contribution < -0.4 is 4.89 Å². The molecule has 2 atom stereocenters. The number of esters is 2. The number of hydrogen-bond donors (Lipinski definition) is 0. The van der Waals surface area contributed by atoms with Crippen molar-refractivity contribution < 1.29 is 42.1 Å². The summed E-state index contributed by atoms with van der Waals surface area (Å²) in [4.78, 5) is 38.3. The van der Waals surface area contributed by atoms with Crippen LogP contribution in [0.25, 0.3) is 0 Å². The Balaban J connectivity index is 3.80. The van der Waals surface area contributed by atoms with Gasteiger partial charge in [0.1, 0.15) is 19.8 Å². The smallest absolute Gasteiger partial charge is 0.306 e. The van der Waals surface area contributed by atoms with E-state index in [1.807, 2.05) is 21.1 Å². The Kier molecular flexibility index (Phi) is 82.8. The lowest BCUT2D eigenvalue weighted by Gasteiger charge is -2.28. The molecule has 0 aliphatic carbocycles. The van der Waals surface area contributed by atoms with E-state index in [2.05, 4.69) is 26.0 Å². The molecule has 0 amide bonds. The van der Waals surface area contributed by atoms with Gasteiger partial charge in [0.15, 0.2) is 6.10 Å². The third-order valence-electron chi connectivity index (χ3n) is 21.8. The summed E-state index contributed by atoms with van der Waals surface area (Å²) in [5.41, 5.74) is 0. The second-order valence-corrected chi connectivity index (χ2v) is 34.8. The number of allylic oxidation sites excluding steroid dienone is 2. The van der Waals surface area contributed by atoms with Crippen molar-refractivity contribution in [2.24, 2.45) is 0 Å². The molecule has 0 spiro atoms. The topological polar surface area (TPSA) is 111 Å². The first-order valence-electron chi connectivity index (χ1n) is 46.4. The molecule has 0 fully saturated rings. The monoisotopic (exact) mass is 1460 g/mol. The van der Waals surface area contributed by atoms with Crippen molar-refractivity contribution >= 4 is 19.8 Å². The Hall–Kier alpha value is -1.25. The number of carbonyl (C=O) groups excluding carboxylic acids is 2. The molecule has 0 aliphatic rings. The summed E-state index contributed by atoms with van der Waals surface area (Å²) in [5, 5.41) is 0. The third kappa shape index (κ3) is 87.7. The minimum atomic E-state index is -4.64. The highest BCUT2D eigenvalue weighted by atomic mass is 31.2. The van der Waals surface area contributed by atoms with Crippen molar-refractivity contribution in [3.63, 3.8) is 0 Å². The lowest BCUT2D eigenvalue weighted by molar-refractivity contribution is -0.870. The third-order valence-corrected chi connectivity index (χ3v) is 22.7. The molecule has 0 N–H and O–H groups in total. The lowest BCUT2D eigenvalue weighted by atomic mass is 10.0. The second-order valence-electron chi connectivity index (χ2n) is 33.4. The summed E-state index contributed by atoms with van der Waals surface area (Å²) in [6, 6.07) is 0. The zero-order valence-corrected chi connectivity index (χ0v) is 70.8. The molecular weight excluding hydrogens is 1280 g/mol. The molecule has 0 saturated heterocycles. The minimum Gasteiger partial charge on any atom is -0.756 e. The van der Waals surface area contributed by atoms with E-state index in [4.69, 9.17) is 18.5 Å². The Morgan fingerprint density at radius 2 is 0.500 bits per heavy atom. The molecule has 0 bridgehead atoms. The summed E-state index contributed by atoms with van der Waals surface area (Å²) in [6.07, 6.45) is 108. The normalized spacial score (nSPS) is 12.9. The summed E-state index contributed by atoms with van der Waals surface area (Å²) in [6.45, 7) is 4.35. The van der Waals surface area contributed by atoms with Crippen LogP contribution in [0, 0.1) is 0 Å². The van der Waals surface area contributed by atoms with Crippen molar-refractivity contribution in [3.05, 3.63) is 12.2 Å². The van der Waals surface area contributed by atoms with Crippen molar-refractivity contribution in [1.29, 1.82) is 0 Å². The Labute approximate surface area is 638 Å². The van der Waals surface area contributed by atoms with Gasteiger partial charge in [-0.25, -0.2) is 0 Å². The van der Waals surface area contributed by atoms with Crippen LogP contribution in [-0.4, -0.2) is 70.0 Å². The van der Waals surface area contributed by atoms with E-state index >= 15 is 0 Å². The average Bonchev–Trinajstić information content (AvgIpc) is 0.914. The van der Waals surface area contributed by atoms with Crippen LogP contribution in [-0.2, 0) is 32.7 Å². The number of phosphoric acid groups is 1. The van der Waals surface area contributed by atoms with E-state index < -0.39 is 26.5 Å². The number of phosphoric ester groups is 1. The van der Waals surface area contributed by atoms with E-state index in [1.54, 1.807) is 0 Å². The van der Waals surface area contributed by atoms with Crippen LogP contribution in [0.2, 0.25) is 0 Å². The highest BCUT2D eigenvalue weighted by molar-refractivity contribution is 7.45. The first kappa shape index (κ1) is 101. The van der Waals surface area contributed by atoms with E-state index in [0.29, 0.717) is 17.4 Å². The number of carbonyl (C=O) groups is 2. The van der Waals surface area contributed by atoms with Crippen LogP contribution in [0.1, 0.15) is 515 Å². The maximum Gasteiger partial charge on any atom is 0.306 e. The van der Waals surface area contributed by atoms with Crippen molar-refractivity contribution in [2.45, 2.75) is 521 Å². The maximum absolute atomic E-state index is 12.9. The number of rotatable bonds is 89. The van der Waals surface area contributed by atoms with E-state index in [1.165, 1.54) is 449 Å². The zero-order chi connectivity index (χ0) is 74.0. The fraction of sp³-hybridized carbons (Fsp3) is 0.957. The number of nitrogens with zero attached hydrogens (tertiary/aromatic N) is 1. The number of unbranched alkanes of at least 4 members (excludes halogenated alkanes) is 73. The molecule has 2 unspecified atom stereocenters. The van der Waals surface area contributed by atoms with Crippen LogP contribution in [0.15, 0.2) is 12.2 Å². The summed E-state index contributed by atoms with van der Waals surface area (Å²) >= 11 is 0. The second kappa shape index (κ2) is 83.8. The molecule has 608 valence electrons. The molecule has 0 radical (unpaired) electrons. The Morgan fingerprint density at radius 1 is 0.294 bits per heavy atom. The predicted molar refractivity (Wildman–Crippen MR) is 444 cm³/mol. The van der Waals surface area contributed by atoms with Gasteiger partial charge >= 0.3 is 11.9 Å². The van der Waals surface area contributed by atoms with Gasteiger partial charge in [0.05, 0.1) is 27.7 Å². The number of quaternary nitrogens is 1. The number of ether oxygens (including phenoxy) is 2. The molecular formula is C92H182NO8P. The predicted octanol–water partition coefficient (Wildman–Crippen LogP) is 30.7. The highest BCUT2D eigenvalue weighted by Gasteiger charge is 2.22. The van der Waals surface area contributed by atoms with Crippen LogP contribution in [0.4, 0.5) is 0 Å². The number of hydrogen-bond acceptors (Lipinski definition) is 8. The molecule has 0 aromatic carbocycles. The van der Waals surface area contributed by atoms with Gasteiger partial charge in [-0.05, 0) is 38.5 Å². The maximum atomic E-state index is 12.9. The SMILES string of the molecule is CCCCCCCCCC/C=C\CCCCCCCCCCCCCCCCCCCCCCCCCCCCCC(=O)OC(COC(=O)CCCCCCCCCCCCCCCCCCCCCCCCCCCCCCCCCCCCCCCCC)COP(=O)([O-])OCC[N+](C)(C)C. The van der Waals surface area contributed by atoms with Gasteiger partial charge in [-0.15, -0.1) is 0 Å². The first-order valence-corrected chi connectivity index (χ1v) is 47.9. The van der Waals surface area contributed by atoms with Gasteiger partial charge in [0.2, 0.25) is 0 Å². The number of likely N-dealkylation sites (N-methyl/N-ethyl adjacent to an activating group) is 1. The highest BCUT2D eigenvalue weighted by Crippen LogP contribution is 2.38. The van der Waals surface area contributed by atoms with Crippen LogP contribution >= 0.6 is 7.82 Å². The average molecular weight is 1460 g/mol. The zero-order valence-electron chi connectivity index (χ0n) is 69.9. The van der Waals surface area contributed by atoms with Crippen molar-refractivity contribution in [1.82, 2.24) is 0 Å². The van der Waals surface area contributed by atoms with E-state index in [0.717, 1.165) is 32.1 Å². The van der Waals surface area contributed by atoms with E-state index in [9.17, 15) is 19.0 Å². The van der Waals surface area contributed by atoms with Gasteiger partial charge in [-0.1, -0.05) is 475 Å². The van der Waals surface area contributed by atoms with Crippen molar-refractivity contribution in [3.8, 4) is 0 Å². The van der Waals surface area contributed by atoms with Crippen LogP contribution in [0.3, 0.4) is 0 Å². The van der Waals surface area contributed by atoms with Crippen LogP contribution in [0.5, 0.6) is 0 Å². The standard InChI is InChI=1S/C92H182NO8P/c1-6-8-10-12-14-16-18-20-22-24-26-28-30-32-34-36-38-40-42-44-46-48-50-52-54-56-58-60-62-64-66-68-70-72-74-76-78-80-82-84-91(94)98-88-90(89-100-102(96,97)99-87-86-93(3,4)5)101-92(95)85-83-81-79-77-75-73-71-69-67-65-63-61-59-57-55-53-51-49-47-45-43-41-39-37-35-33-31-29-27-25-23-21-19-17-15-13-11-9-7-2/h25,27,90H,6-24,26,28-89H2,1-5H3/b27-25-. The molecule has 0 aromatic heterocycles. The lowest BCUT2D eigenvalue weighted by Crippen LogP contribution is -2.37. The fourth-order valence-electron chi connectivity index (χ4n) is 14.7. The minimum absolute atomic E-state index is 0.0252. The summed E-state index contributed by atoms with van der Waals surface area (Å²) in [5.74, 6) is -0.799. The Morgan fingerprint density at radius 3 is 0.725 bits per heavy atom. The van der Waals surface area contributed by atoms with Crippen molar-refractivity contribution in [2.75, 3.05) is 47.5 Å². The molecule has 0 aromatic rings. The molecule has 0 aliphatic heterocycles. The van der Waals surface area contributed by atoms with E-state index in [-0.39, 0.29) is 32.0 Å². The van der Waals surface area contributed by atoms with Gasteiger partial charge in [0, 0.05) is 12.8 Å². The van der Waals surface area contributed by atoms with Gasteiger partial charge in [-0.2, -0.15) is 0 Å². The summed E-state index contributed by atoms with van der Waals surface area (Å²) < 4.78 is 34.5.